The molecule has 1 fully saturated rings. The molecule has 1 atom stereocenters. The van der Waals surface area contributed by atoms with Crippen LogP contribution >= 0.6 is 11.6 Å². The van der Waals surface area contributed by atoms with Gasteiger partial charge >= 0.3 is 0 Å². The van der Waals surface area contributed by atoms with Crippen molar-refractivity contribution in [3.63, 3.8) is 0 Å². The summed E-state index contributed by atoms with van der Waals surface area (Å²) < 4.78 is 30.9. The quantitative estimate of drug-likeness (QED) is 0.713. The highest BCUT2D eigenvalue weighted by atomic mass is 35.5. The summed E-state index contributed by atoms with van der Waals surface area (Å²) in [6.07, 6.45) is 4.84. The third-order valence-electron chi connectivity index (χ3n) is 2.61. The zero-order valence-corrected chi connectivity index (χ0v) is 11.0. The summed E-state index contributed by atoms with van der Waals surface area (Å²) in [4.78, 5) is 0. The number of hydrogen-bond acceptors (Lipinski definition) is 3. The van der Waals surface area contributed by atoms with Gasteiger partial charge in [0.1, 0.15) is 0 Å². The lowest BCUT2D eigenvalue weighted by molar-refractivity contribution is 0.0123. The third-order valence-corrected chi connectivity index (χ3v) is 4.35. The summed E-state index contributed by atoms with van der Waals surface area (Å²) in [5.74, 6) is 0.495. The van der Waals surface area contributed by atoms with Crippen LogP contribution in [0.3, 0.4) is 0 Å². The van der Waals surface area contributed by atoms with Crippen molar-refractivity contribution >= 4 is 21.6 Å². The van der Waals surface area contributed by atoms with Crippen LogP contribution in [0.25, 0.3) is 0 Å². The van der Waals surface area contributed by atoms with Crippen LogP contribution in [0.1, 0.15) is 32.1 Å². The van der Waals surface area contributed by atoms with Crippen LogP contribution < -0.4 is 4.72 Å². The van der Waals surface area contributed by atoms with Crippen molar-refractivity contribution in [1.29, 1.82) is 0 Å². The van der Waals surface area contributed by atoms with Crippen LogP contribution in [0.5, 0.6) is 0 Å². The number of hydrogen-bond donors (Lipinski definition) is 1. The lowest BCUT2D eigenvalue weighted by Crippen LogP contribution is -2.31. The Morgan fingerprint density at radius 1 is 1.38 bits per heavy atom. The van der Waals surface area contributed by atoms with Gasteiger partial charge in [-0.3, -0.25) is 0 Å². The van der Waals surface area contributed by atoms with E-state index >= 15 is 0 Å². The van der Waals surface area contributed by atoms with Gasteiger partial charge in [0.15, 0.2) is 0 Å². The fourth-order valence-electron chi connectivity index (χ4n) is 1.73. The Labute approximate surface area is 103 Å². The molecule has 1 rings (SSSR count). The molecule has 0 aromatic rings. The highest BCUT2D eigenvalue weighted by Crippen LogP contribution is 2.14. The zero-order valence-electron chi connectivity index (χ0n) is 9.45. The smallest absolute Gasteiger partial charge is 0.211 e. The molecule has 1 unspecified atom stereocenters. The maximum absolute atomic E-state index is 11.4. The third kappa shape index (κ3) is 6.03. The normalized spacial score (nSPS) is 22.2. The van der Waals surface area contributed by atoms with Crippen molar-refractivity contribution in [1.82, 2.24) is 4.72 Å². The molecule has 6 heteroatoms. The Morgan fingerprint density at radius 2 is 2.19 bits per heavy atom. The van der Waals surface area contributed by atoms with Gasteiger partial charge in [0.2, 0.25) is 10.0 Å². The largest absolute Gasteiger partial charge is 0.378 e. The monoisotopic (exact) mass is 269 g/mol. The zero-order chi connectivity index (χ0) is 11.9. The highest BCUT2D eigenvalue weighted by Gasteiger charge is 2.15. The molecule has 1 saturated heterocycles. The van der Waals surface area contributed by atoms with E-state index in [1.54, 1.807) is 0 Å². The maximum Gasteiger partial charge on any atom is 0.211 e. The van der Waals surface area contributed by atoms with Gasteiger partial charge in [-0.15, -0.1) is 11.6 Å². The first-order chi connectivity index (χ1) is 7.64. The van der Waals surface area contributed by atoms with E-state index in [2.05, 4.69) is 4.72 Å². The van der Waals surface area contributed by atoms with Gasteiger partial charge in [0, 0.05) is 19.0 Å². The molecule has 0 aliphatic carbocycles. The molecule has 1 N–H and O–H groups in total. The fraction of sp³-hybridized carbons (Fsp3) is 1.00. The van der Waals surface area contributed by atoms with Crippen molar-refractivity contribution in [2.45, 2.75) is 38.2 Å². The second-order valence-corrected chi connectivity index (χ2v) is 6.34. The summed E-state index contributed by atoms with van der Waals surface area (Å²) in [5.41, 5.74) is 0. The first-order valence-electron chi connectivity index (χ1n) is 5.79. The van der Waals surface area contributed by atoms with Crippen LogP contribution in [0.2, 0.25) is 0 Å². The van der Waals surface area contributed by atoms with E-state index in [1.165, 1.54) is 6.42 Å². The molecule has 1 heterocycles. The molecule has 16 heavy (non-hydrogen) atoms. The number of halogens is 1. The number of nitrogens with one attached hydrogen (secondary N) is 1. The van der Waals surface area contributed by atoms with Crippen LogP contribution in [0.15, 0.2) is 0 Å². The minimum Gasteiger partial charge on any atom is -0.378 e. The first-order valence-corrected chi connectivity index (χ1v) is 7.97. The van der Waals surface area contributed by atoms with Gasteiger partial charge in [-0.25, -0.2) is 13.1 Å². The van der Waals surface area contributed by atoms with E-state index < -0.39 is 10.0 Å². The Balaban J connectivity index is 2.13. The lowest BCUT2D eigenvalue weighted by atomic mass is 10.1. The van der Waals surface area contributed by atoms with Crippen LogP contribution in [-0.4, -0.2) is 39.3 Å². The predicted molar refractivity (Wildman–Crippen MR) is 65.3 cm³/mol. The Morgan fingerprint density at radius 3 is 2.81 bits per heavy atom. The first kappa shape index (κ1) is 14.2. The van der Waals surface area contributed by atoms with Gasteiger partial charge in [-0.05, 0) is 32.1 Å². The summed E-state index contributed by atoms with van der Waals surface area (Å²) in [5, 5.41) is 0. The Hall–Kier alpha value is 0.160. The summed E-state index contributed by atoms with van der Waals surface area (Å²) in [6, 6.07) is 0. The van der Waals surface area contributed by atoms with E-state index in [9.17, 15) is 8.42 Å². The second-order valence-electron chi connectivity index (χ2n) is 4.03. The van der Waals surface area contributed by atoms with Crippen molar-refractivity contribution in [3.05, 3.63) is 0 Å². The van der Waals surface area contributed by atoms with Gasteiger partial charge in [0.05, 0.1) is 11.9 Å². The molecule has 1 aliphatic heterocycles. The van der Waals surface area contributed by atoms with E-state index in [4.69, 9.17) is 16.3 Å². The van der Waals surface area contributed by atoms with Crippen LogP contribution in [-0.2, 0) is 14.8 Å². The topological polar surface area (TPSA) is 55.4 Å². The standard InChI is InChI=1S/C10H20ClNO3S/c11-6-3-9-16(13,14)12-7-5-10-4-1-2-8-15-10/h10,12H,1-9H2. The van der Waals surface area contributed by atoms with Crippen molar-refractivity contribution in [3.8, 4) is 0 Å². The van der Waals surface area contributed by atoms with Crippen molar-refractivity contribution in [2.24, 2.45) is 0 Å². The Bertz CT molecular complexity index is 276. The van der Waals surface area contributed by atoms with E-state index in [0.717, 1.165) is 25.9 Å². The molecule has 0 spiro atoms. The molecular weight excluding hydrogens is 250 g/mol. The number of sulfonamides is 1. The molecule has 4 nitrogen and oxygen atoms in total. The molecule has 0 aromatic heterocycles. The van der Waals surface area contributed by atoms with Gasteiger partial charge in [-0.1, -0.05) is 0 Å². The van der Waals surface area contributed by atoms with Crippen molar-refractivity contribution < 1.29 is 13.2 Å². The minimum absolute atomic E-state index is 0.113. The van der Waals surface area contributed by atoms with E-state index in [1.807, 2.05) is 0 Å². The van der Waals surface area contributed by atoms with Crippen molar-refractivity contribution in [2.75, 3.05) is 24.8 Å². The van der Waals surface area contributed by atoms with Gasteiger partial charge in [-0.2, -0.15) is 0 Å². The molecule has 0 bridgehead atoms. The molecule has 0 aromatic carbocycles. The van der Waals surface area contributed by atoms with Crippen LogP contribution in [0, 0.1) is 0 Å². The summed E-state index contributed by atoms with van der Waals surface area (Å²) >= 11 is 5.45. The molecule has 0 amide bonds. The molecule has 0 radical (unpaired) electrons. The van der Waals surface area contributed by atoms with E-state index in [0.29, 0.717) is 18.8 Å². The average Bonchev–Trinajstić information content (AvgIpc) is 2.28. The van der Waals surface area contributed by atoms with Crippen LogP contribution in [0.4, 0.5) is 0 Å². The summed E-state index contributed by atoms with van der Waals surface area (Å²) in [6.45, 7) is 1.28. The number of ether oxygens (including phenoxy) is 1. The molecule has 1 aliphatic rings. The Kier molecular flexibility index (Phi) is 6.65. The minimum atomic E-state index is -3.13. The van der Waals surface area contributed by atoms with E-state index in [-0.39, 0.29) is 11.9 Å². The van der Waals surface area contributed by atoms with Gasteiger partial charge < -0.3 is 4.74 Å². The van der Waals surface area contributed by atoms with Gasteiger partial charge in [0.25, 0.3) is 0 Å². The average molecular weight is 270 g/mol. The molecular formula is C10H20ClNO3S. The molecule has 0 saturated carbocycles. The number of alkyl halides is 1. The molecule has 96 valence electrons. The fourth-order valence-corrected chi connectivity index (χ4v) is 3.12. The maximum atomic E-state index is 11.4. The number of rotatable bonds is 7. The lowest BCUT2D eigenvalue weighted by Gasteiger charge is -2.22. The second kappa shape index (κ2) is 7.48. The highest BCUT2D eigenvalue weighted by molar-refractivity contribution is 7.89. The predicted octanol–water partition coefficient (Wildman–Crippen LogP) is 1.49. The summed E-state index contributed by atoms with van der Waals surface area (Å²) in [7, 11) is -3.13. The SMILES string of the molecule is O=S(=O)(CCCCl)NCCC1CCCCO1.